The van der Waals surface area contributed by atoms with Crippen LogP contribution in [0.1, 0.15) is 41.6 Å². The van der Waals surface area contributed by atoms with Crippen molar-refractivity contribution in [3.05, 3.63) is 47.3 Å². The maximum absolute atomic E-state index is 12.1. The highest BCUT2D eigenvalue weighted by atomic mass is 16.5. The Labute approximate surface area is 106 Å². The molecule has 4 heteroatoms. The molecule has 0 atom stereocenters. The molecule has 0 radical (unpaired) electrons. The number of esters is 1. The highest BCUT2D eigenvalue weighted by molar-refractivity contribution is 5.93. The van der Waals surface area contributed by atoms with E-state index in [1.807, 2.05) is 32.0 Å². The van der Waals surface area contributed by atoms with Crippen LogP contribution in [0.5, 0.6) is 5.75 Å². The van der Waals surface area contributed by atoms with Gasteiger partial charge in [-0.25, -0.2) is 4.79 Å². The number of aromatic nitrogens is 1. The fourth-order valence-corrected chi connectivity index (χ4v) is 1.68. The third-order valence-electron chi connectivity index (χ3n) is 2.57. The predicted molar refractivity (Wildman–Crippen MR) is 66.7 cm³/mol. The lowest BCUT2D eigenvalue weighted by molar-refractivity contribution is 0.0731. The Morgan fingerprint density at radius 2 is 1.94 bits per heavy atom. The summed E-state index contributed by atoms with van der Waals surface area (Å²) >= 11 is 0. The van der Waals surface area contributed by atoms with Crippen molar-refractivity contribution in [2.75, 3.05) is 0 Å². The zero-order valence-electron chi connectivity index (χ0n) is 10.6. The quantitative estimate of drug-likeness (QED) is 0.614. The van der Waals surface area contributed by atoms with Gasteiger partial charge in [-0.05, 0) is 19.1 Å². The van der Waals surface area contributed by atoms with Gasteiger partial charge in [0.25, 0.3) is 0 Å². The minimum atomic E-state index is -0.427. The van der Waals surface area contributed by atoms with Gasteiger partial charge in [0.15, 0.2) is 5.76 Å². The normalized spacial score (nSPS) is 10.7. The molecule has 1 aromatic heterocycles. The monoisotopic (exact) mass is 245 g/mol. The van der Waals surface area contributed by atoms with Gasteiger partial charge in [0.05, 0.1) is 5.69 Å². The van der Waals surface area contributed by atoms with Gasteiger partial charge in [-0.15, -0.1) is 0 Å². The van der Waals surface area contributed by atoms with E-state index in [0.29, 0.717) is 22.8 Å². The molecule has 2 rings (SSSR count). The second kappa shape index (κ2) is 5.04. The molecule has 2 aromatic rings. The summed E-state index contributed by atoms with van der Waals surface area (Å²) in [5.74, 6) is 0.736. The fourth-order valence-electron chi connectivity index (χ4n) is 1.68. The second-order valence-corrected chi connectivity index (χ2v) is 4.36. The van der Waals surface area contributed by atoms with Crippen molar-refractivity contribution < 1.29 is 14.1 Å². The number of aryl methyl sites for hydroxylation is 1. The summed E-state index contributed by atoms with van der Waals surface area (Å²) in [4.78, 5) is 12.1. The molecule has 0 spiro atoms. The molecule has 0 saturated carbocycles. The highest BCUT2D eigenvalue weighted by Crippen LogP contribution is 2.23. The van der Waals surface area contributed by atoms with Crippen LogP contribution in [0.2, 0.25) is 0 Å². The Hall–Kier alpha value is -2.10. The van der Waals surface area contributed by atoms with E-state index in [1.165, 1.54) is 0 Å². The molecule has 4 nitrogen and oxygen atoms in total. The lowest BCUT2D eigenvalue weighted by Crippen LogP contribution is -2.11. The van der Waals surface area contributed by atoms with Gasteiger partial charge in [0.2, 0.25) is 0 Å². The van der Waals surface area contributed by atoms with Crippen molar-refractivity contribution in [2.45, 2.75) is 26.7 Å². The smallest absolute Gasteiger partial charge is 0.349 e. The van der Waals surface area contributed by atoms with E-state index >= 15 is 0 Å². The summed E-state index contributed by atoms with van der Waals surface area (Å²) in [6.07, 6.45) is 0. The molecule has 0 aliphatic carbocycles. The van der Waals surface area contributed by atoms with Crippen LogP contribution in [0.3, 0.4) is 0 Å². The molecule has 0 saturated heterocycles. The zero-order chi connectivity index (χ0) is 13.1. The first-order valence-corrected chi connectivity index (χ1v) is 5.83. The third kappa shape index (κ3) is 2.42. The van der Waals surface area contributed by atoms with E-state index in [0.717, 1.165) is 0 Å². The van der Waals surface area contributed by atoms with E-state index in [4.69, 9.17) is 9.26 Å². The van der Waals surface area contributed by atoms with E-state index in [1.54, 1.807) is 19.1 Å². The van der Waals surface area contributed by atoms with Crippen LogP contribution < -0.4 is 4.74 Å². The average molecular weight is 245 g/mol. The van der Waals surface area contributed by atoms with Gasteiger partial charge < -0.3 is 9.26 Å². The van der Waals surface area contributed by atoms with Gasteiger partial charge in [0.1, 0.15) is 11.3 Å². The molecular formula is C14H15NO3. The number of para-hydroxylation sites is 1. The van der Waals surface area contributed by atoms with Crippen LogP contribution >= 0.6 is 0 Å². The molecule has 0 aliphatic heterocycles. The first-order chi connectivity index (χ1) is 8.59. The molecule has 0 amide bonds. The summed E-state index contributed by atoms with van der Waals surface area (Å²) in [5, 5.41) is 3.82. The van der Waals surface area contributed by atoms with E-state index in [9.17, 15) is 4.79 Å². The molecule has 94 valence electrons. The molecule has 0 fully saturated rings. The van der Waals surface area contributed by atoms with Crippen molar-refractivity contribution in [2.24, 2.45) is 0 Å². The van der Waals surface area contributed by atoms with Crippen molar-refractivity contribution in [3.63, 3.8) is 0 Å². The van der Waals surface area contributed by atoms with Crippen LogP contribution in [0.15, 0.2) is 34.9 Å². The fraction of sp³-hybridized carbons (Fsp3) is 0.286. The van der Waals surface area contributed by atoms with Crippen molar-refractivity contribution in [3.8, 4) is 5.75 Å². The number of benzene rings is 1. The summed E-state index contributed by atoms with van der Waals surface area (Å²) in [6, 6.07) is 8.95. The molecule has 0 N–H and O–H groups in total. The highest BCUT2D eigenvalue weighted by Gasteiger charge is 2.24. The Morgan fingerprint density at radius 3 is 2.56 bits per heavy atom. The predicted octanol–water partition coefficient (Wildman–Crippen LogP) is 3.33. The Balaban J connectivity index is 2.27. The number of hydrogen-bond acceptors (Lipinski definition) is 4. The Kier molecular flexibility index (Phi) is 3.46. The van der Waals surface area contributed by atoms with Gasteiger partial charge in [-0.3, -0.25) is 0 Å². The lowest BCUT2D eigenvalue weighted by atomic mass is 10.1. The van der Waals surface area contributed by atoms with Gasteiger partial charge in [-0.2, -0.15) is 0 Å². The first kappa shape index (κ1) is 12.4. The maximum Gasteiger partial charge on any atom is 0.349 e. The van der Waals surface area contributed by atoms with E-state index in [-0.39, 0.29) is 5.92 Å². The van der Waals surface area contributed by atoms with Crippen LogP contribution in [0, 0.1) is 6.92 Å². The summed E-state index contributed by atoms with van der Waals surface area (Å²) in [6.45, 7) is 5.62. The van der Waals surface area contributed by atoms with Gasteiger partial charge in [0, 0.05) is 5.92 Å². The number of carbonyl (C=O) groups excluding carboxylic acids is 1. The standard InChI is InChI=1S/C14H15NO3/c1-9(2)13-12(10(3)15-18-13)14(16)17-11-7-5-4-6-8-11/h4-9H,1-3H3. The molecule has 1 aromatic carbocycles. The van der Waals surface area contributed by atoms with Crippen LogP contribution in [-0.4, -0.2) is 11.1 Å². The molecule has 18 heavy (non-hydrogen) atoms. The van der Waals surface area contributed by atoms with E-state index in [2.05, 4.69) is 5.16 Å². The Morgan fingerprint density at radius 1 is 1.28 bits per heavy atom. The Bertz CT molecular complexity index is 543. The van der Waals surface area contributed by atoms with Crippen molar-refractivity contribution in [1.82, 2.24) is 5.16 Å². The topological polar surface area (TPSA) is 52.3 Å². The second-order valence-electron chi connectivity index (χ2n) is 4.36. The molecule has 0 bridgehead atoms. The number of rotatable bonds is 3. The average Bonchev–Trinajstić information content (AvgIpc) is 2.72. The number of carbonyl (C=O) groups is 1. The van der Waals surface area contributed by atoms with Crippen molar-refractivity contribution in [1.29, 1.82) is 0 Å². The zero-order valence-corrected chi connectivity index (χ0v) is 10.6. The third-order valence-corrected chi connectivity index (χ3v) is 2.57. The van der Waals surface area contributed by atoms with Crippen LogP contribution in [-0.2, 0) is 0 Å². The number of ether oxygens (including phenoxy) is 1. The van der Waals surface area contributed by atoms with Crippen LogP contribution in [0.4, 0.5) is 0 Å². The van der Waals surface area contributed by atoms with Crippen LogP contribution in [0.25, 0.3) is 0 Å². The molecule has 0 unspecified atom stereocenters. The first-order valence-electron chi connectivity index (χ1n) is 5.83. The molecular weight excluding hydrogens is 230 g/mol. The summed E-state index contributed by atoms with van der Waals surface area (Å²) in [7, 11) is 0. The largest absolute Gasteiger partial charge is 0.423 e. The summed E-state index contributed by atoms with van der Waals surface area (Å²) in [5.41, 5.74) is 0.980. The minimum absolute atomic E-state index is 0.0875. The van der Waals surface area contributed by atoms with E-state index < -0.39 is 5.97 Å². The summed E-state index contributed by atoms with van der Waals surface area (Å²) < 4.78 is 10.5. The van der Waals surface area contributed by atoms with Gasteiger partial charge in [-0.1, -0.05) is 37.2 Å². The van der Waals surface area contributed by atoms with Gasteiger partial charge >= 0.3 is 5.97 Å². The SMILES string of the molecule is Cc1noc(C(C)C)c1C(=O)Oc1ccccc1. The minimum Gasteiger partial charge on any atom is -0.423 e. The number of hydrogen-bond donors (Lipinski definition) is 0. The van der Waals surface area contributed by atoms with Crippen molar-refractivity contribution >= 4 is 5.97 Å². The number of nitrogens with zero attached hydrogens (tertiary/aromatic N) is 1. The molecule has 0 aliphatic rings. The molecule has 1 heterocycles. The maximum atomic E-state index is 12.1. The lowest BCUT2D eigenvalue weighted by Gasteiger charge is -2.05.